The van der Waals surface area contributed by atoms with Gasteiger partial charge in [0.2, 0.25) is 0 Å². The number of H-pyrrole nitrogens is 1. The molecule has 1 aromatic heterocycles. The van der Waals surface area contributed by atoms with Crippen LogP contribution < -0.4 is 10.8 Å². The zero-order valence-electron chi connectivity index (χ0n) is 16.4. The fourth-order valence-electron chi connectivity index (χ4n) is 2.87. The number of carbonyl (C=O) groups is 1. The number of nitrogens with one attached hydrogen (secondary N) is 2. The quantitative estimate of drug-likeness (QED) is 0.515. The number of esters is 1. The van der Waals surface area contributed by atoms with Crippen LogP contribution in [0.3, 0.4) is 0 Å². The van der Waals surface area contributed by atoms with E-state index in [4.69, 9.17) is 10.00 Å². The van der Waals surface area contributed by atoms with Gasteiger partial charge in [-0.15, -0.1) is 0 Å². The Morgan fingerprint density at radius 2 is 2.04 bits per heavy atom. The number of methoxy groups -OCH3 is 1. The molecule has 0 saturated heterocycles. The van der Waals surface area contributed by atoms with E-state index in [0.29, 0.717) is 16.8 Å². The molecule has 3 rings (SSSR count). The van der Waals surface area contributed by atoms with E-state index in [9.17, 15) is 4.79 Å². The summed E-state index contributed by atoms with van der Waals surface area (Å²) >= 11 is 0. The van der Waals surface area contributed by atoms with Crippen molar-refractivity contribution in [2.24, 2.45) is 0 Å². The van der Waals surface area contributed by atoms with Gasteiger partial charge >= 0.3 is 5.97 Å². The van der Waals surface area contributed by atoms with Crippen LogP contribution in [0.25, 0.3) is 11.0 Å². The molecule has 1 heterocycles. The van der Waals surface area contributed by atoms with Crippen LogP contribution in [0, 0.1) is 24.1 Å². The smallest absolute Gasteiger partial charge is 0.340 e. The summed E-state index contributed by atoms with van der Waals surface area (Å²) in [6, 6.07) is 8.61. The van der Waals surface area contributed by atoms with Crippen molar-refractivity contribution in [1.82, 2.24) is 9.97 Å². The number of nitrogens with zero attached hydrogens (tertiary/aromatic N) is 2. The summed E-state index contributed by atoms with van der Waals surface area (Å²) in [6.07, 6.45) is 0. The molecule has 2 N–H and O–H groups in total. The fraction of sp³-hybridized carbons (Fsp3) is 0.250. The molecule has 0 radical (unpaired) electrons. The average molecular weight is 396 g/mol. The van der Waals surface area contributed by atoms with Crippen LogP contribution in [0.1, 0.15) is 21.5 Å². The van der Waals surface area contributed by atoms with Gasteiger partial charge in [-0.05, 0) is 36.8 Å². The Kier molecular flexibility index (Phi) is 4.96. The van der Waals surface area contributed by atoms with Gasteiger partial charge < -0.3 is 15.0 Å². The molecule has 2 aromatic carbocycles. The summed E-state index contributed by atoms with van der Waals surface area (Å²) in [5.74, 6) is -1.28. The van der Waals surface area contributed by atoms with E-state index in [0.717, 1.165) is 11.0 Å². The topological polar surface area (TPSA) is 90.8 Å². The summed E-state index contributed by atoms with van der Waals surface area (Å²) in [5, 5.41) is 12.0. The number of aryl methyl sites for hydroxylation is 1. The van der Waals surface area contributed by atoms with Gasteiger partial charge in [0.15, 0.2) is 5.82 Å². The van der Waals surface area contributed by atoms with E-state index >= 15 is 4.39 Å². The van der Waals surface area contributed by atoms with Crippen molar-refractivity contribution in [3.05, 3.63) is 46.8 Å². The van der Waals surface area contributed by atoms with Gasteiger partial charge in [-0.25, -0.2) is 14.2 Å². The predicted octanol–water partition coefficient (Wildman–Crippen LogP) is 3.96. The Balaban J connectivity index is 2.20. The maximum Gasteiger partial charge on any atom is 0.340 e. The van der Waals surface area contributed by atoms with Crippen molar-refractivity contribution in [3.8, 4) is 6.07 Å². The van der Waals surface area contributed by atoms with Crippen molar-refractivity contribution in [2.75, 3.05) is 12.4 Å². The first-order valence-corrected chi connectivity index (χ1v) is 12.2. The molecular formula is C20H21FN4O2Si. The Hall–Kier alpha value is -3.18. The summed E-state index contributed by atoms with van der Waals surface area (Å²) in [6.45, 7) is 8.10. The molecule has 0 bridgehead atoms. The average Bonchev–Trinajstić information content (AvgIpc) is 3.09. The minimum absolute atomic E-state index is 0.000725. The van der Waals surface area contributed by atoms with Crippen LogP contribution in [0.15, 0.2) is 24.3 Å². The van der Waals surface area contributed by atoms with Crippen molar-refractivity contribution in [2.45, 2.75) is 26.6 Å². The van der Waals surface area contributed by atoms with E-state index in [-0.39, 0.29) is 16.8 Å². The van der Waals surface area contributed by atoms with Crippen LogP contribution in [0.2, 0.25) is 19.6 Å². The van der Waals surface area contributed by atoms with Gasteiger partial charge in [-0.3, -0.25) is 0 Å². The number of anilines is 2. The third-order valence-corrected chi connectivity index (χ3v) is 6.11. The lowest BCUT2D eigenvalue weighted by Crippen LogP contribution is -2.40. The maximum absolute atomic E-state index is 15.4. The number of carbonyl (C=O) groups excluding carboxylic acids is 1. The highest BCUT2D eigenvalue weighted by Gasteiger charge is 2.26. The second kappa shape index (κ2) is 7.09. The highest BCUT2D eigenvalue weighted by Crippen LogP contribution is 2.31. The van der Waals surface area contributed by atoms with E-state index in [2.05, 4.69) is 41.0 Å². The number of rotatable bonds is 4. The second-order valence-corrected chi connectivity index (χ2v) is 12.6. The minimum atomic E-state index is -1.80. The maximum atomic E-state index is 15.4. The molecule has 0 unspecified atom stereocenters. The SMILES string of the molecule is COC(=O)c1cc2[nH]c([Si](C)(C)C)nc2c(F)c1Nc1ccc(C#N)cc1C. The molecule has 144 valence electrons. The first kappa shape index (κ1) is 19.6. The van der Waals surface area contributed by atoms with Gasteiger partial charge in [0.25, 0.3) is 0 Å². The Bertz CT molecular complexity index is 1130. The lowest BCUT2D eigenvalue weighted by atomic mass is 10.1. The number of aromatic amines is 1. The molecule has 8 heteroatoms. The number of nitriles is 1. The van der Waals surface area contributed by atoms with E-state index in [1.807, 2.05) is 0 Å². The molecule has 0 spiro atoms. The van der Waals surface area contributed by atoms with Gasteiger partial charge in [-0.2, -0.15) is 5.26 Å². The Morgan fingerprint density at radius 1 is 1.32 bits per heavy atom. The normalized spacial score (nSPS) is 11.3. The van der Waals surface area contributed by atoms with Crippen LogP contribution in [0.4, 0.5) is 15.8 Å². The lowest BCUT2D eigenvalue weighted by molar-refractivity contribution is 0.0601. The van der Waals surface area contributed by atoms with Crippen molar-refractivity contribution >= 4 is 41.9 Å². The highest BCUT2D eigenvalue weighted by molar-refractivity contribution is 6.87. The summed E-state index contributed by atoms with van der Waals surface area (Å²) in [7, 11) is -0.552. The van der Waals surface area contributed by atoms with Gasteiger partial charge in [0.1, 0.15) is 13.6 Å². The molecule has 0 fully saturated rings. The monoisotopic (exact) mass is 396 g/mol. The number of halogens is 1. The number of hydrogen-bond acceptors (Lipinski definition) is 5. The third-order valence-electron chi connectivity index (χ3n) is 4.45. The first-order valence-electron chi connectivity index (χ1n) is 8.74. The molecular weight excluding hydrogens is 375 g/mol. The zero-order valence-corrected chi connectivity index (χ0v) is 17.4. The number of benzene rings is 2. The number of ether oxygens (including phenoxy) is 1. The molecule has 0 aliphatic heterocycles. The van der Waals surface area contributed by atoms with Crippen molar-refractivity contribution < 1.29 is 13.9 Å². The zero-order chi connectivity index (χ0) is 20.6. The Morgan fingerprint density at radius 3 is 2.61 bits per heavy atom. The summed E-state index contributed by atoms with van der Waals surface area (Å²) in [4.78, 5) is 19.9. The number of hydrogen-bond donors (Lipinski definition) is 2. The van der Waals surface area contributed by atoms with Crippen LogP contribution in [0.5, 0.6) is 0 Å². The largest absolute Gasteiger partial charge is 0.465 e. The summed E-state index contributed by atoms with van der Waals surface area (Å²) < 4.78 is 20.2. The van der Waals surface area contributed by atoms with Gasteiger partial charge in [0.05, 0.1) is 41.0 Å². The van der Waals surface area contributed by atoms with E-state index in [1.54, 1.807) is 31.2 Å². The van der Waals surface area contributed by atoms with Crippen molar-refractivity contribution in [1.29, 1.82) is 5.26 Å². The third kappa shape index (κ3) is 3.49. The molecule has 6 nitrogen and oxygen atoms in total. The minimum Gasteiger partial charge on any atom is -0.465 e. The van der Waals surface area contributed by atoms with Gasteiger partial charge in [-0.1, -0.05) is 19.6 Å². The van der Waals surface area contributed by atoms with Crippen LogP contribution in [-0.4, -0.2) is 31.1 Å². The molecule has 0 amide bonds. The second-order valence-electron chi connectivity index (χ2n) is 7.60. The van der Waals surface area contributed by atoms with Gasteiger partial charge in [0, 0.05) is 5.69 Å². The fourth-order valence-corrected chi connectivity index (χ4v) is 3.83. The number of fused-ring (bicyclic) bond motifs is 1. The van der Waals surface area contributed by atoms with E-state index < -0.39 is 19.9 Å². The molecule has 0 aliphatic rings. The number of imidazole rings is 1. The van der Waals surface area contributed by atoms with Crippen LogP contribution >= 0.6 is 0 Å². The Labute approximate surface area is 163 Å². The van der Waals surface area contributed by atoms with Crippen LogP contribution in [-0.2, 0) is 4.74 Å². The predicted molar refractivity (Wildman–Crippen MR) is 110 cm³/mol. The summed E-state index contributed by atoms with van der Waals surface area (Å²) in [5.41, 5.74) is 3.30. The molecule has 3 aromatic rings. The molecule has 0 atom stereocenters. The lowest BCUT2D eigenvalue weighted by Gasteiger charge is -2.14. The standard InChI is InChI=1S/C20H21FN4O2Si/c1-11-8-12(10-22)6-7-14(11)23-17-13(19(26)27-2)9-15-18(16(17)21)25-20(24-15)28(3,4)5/h6-9,23H,1-5H3,(H,24,25). The molecule has 0 aliphatic carbocycles. The molecule has 0 saturated carbocycles. The molecule has 28 heavy (non-hydrogen) atoms. The van der Waals surface area contributed by atoms with Crippen molar-refractivity contribution in [3.63, 3.8) is 0 Å². The van der Waals surface area contributed by atoms with E-state index in [1.165, 1.54) is 7.11 Å². The number of aromatic nitrogens is 2. The first-order chi connectivity index (χ1) is 13.2. The highest BCUT2D eigenvalue weighted by atomic mass is 28.3.